The lowest BCUT2D eigenvalue weighted by Gasteiger charge is -2.13. The Morgan fingerprint density at radius 1 is 1.35 bits per heavy atom. The average Bonchev–Trinajstić information content (AvgIpc) is 2.88. The number of nitrogens with zero attached hydrogens (tertiary/aromatic N) is 3. The molecule has 0 aliphatic rings. The second-order valence-corrected chi connectivity index (χ2v) is 5.24. The summed E-state index contributed by atoms with van der Waals surface area (Å²) >= 11 is 11.9. The molecule has 0 unspecified atom stereocenters. The number of benzene rings is 1. The van der Waals surface area contributed by atoms with Crippen molar-refractivity contribution in [3.8, 4) is 0 Å². The van der Waals surface area contributed by atoms with E-state index in [-0.39, 0.29) is 5.78 Å². The van der Waals surface area contributed by atoms with Gasteiger partial charge in [0, 0.05) is 43.3 Å². The van der Waals surface area contributed by atoms with Gasteiger partial charge >= 0.3 is 0 Å². The van der Waals surface area contributed by atoms with Crippen molar-refractivity contribution in [3.05, 3.63) is 58.7 Å². The van der Waals surface area contributed by atoms with Crippen molar-refractivity contribution in [2.24, 2.45) is 0 Å². The van der Waals surface area contributed by atoms with Crippen LogP contribution in [0.1, 0.15) is 10.4 Å². The third kappa shape index (κ3) is 3.21. The summed E-state index contributed by atoms with van der Waals surface area (Å²) in [5.41, 5.74) is 0.856. The standard InChI is InChI=1S/C14H13Cl2N3O/c1-18(2)8-13(19-6-5-17-9-19)14(20)11-4-3-10(15)7-12(11)16/h3-9H,1-2H3/b13-8+. The van der Waals surface area contributed by atoms with Crippen molar-refractivity contribution in [1.29, 1.82) is 0 Å². The van der Waals surface area contributed by atoms with Crippen molar-refractivity contribution in [2.45, 2.75) is 0 Å². The van der Waals surface area contributed by atoms with E-state index in [4.69, 9.17) is 23.2 Å². The largest absolute Gasteiger partial charge is 0.382 e. The molecule has 0 amide bonds. The van der Waals surface area contributed by atoms with Gasteiger partial charge in [0.15, 0.2) is 0 Å². The van der Waals surface area contributed by atoms with E-state index in [2.05, 4.69) is 4.98 Å². The third-order valence-corrected chi connectivity index (χ3v) is 3.12. The van der Waals surface area contributed by atoms with Crippen molar-refractivity contribution in [3.63, 3.8) is 0 Å². The number of imidazole rings is 1. The fourth-order valence-electron chi connectivity index (χ4n) is 1.70. The monoisotopic (exact) mass is 309 g/mol. The Kier molecular flexibility index (Phi) is 4.47. The number of Topliss-reactive ketones (excluding diaryl/α,β-unsaturated/α-hetero) is 1. The van der Waals surface area contributed by atoms with E-state index in [1.165, 1.54) is 0 Å². The number of hydrogen-bond donors (Lipinski definition) is 0. The maximum absolute atomic E-state index is 12.6. The molecular formula is C14H13Cl2N3O. The molecular weight excluding hydrogens is 297 g/mol. The Bertz CT molecular complexity index is 648. The molecule has 6 heteroatoms. The molecule has 0 aliphatic carbocycles. The summed E-state index contributed by atoms with van der Waals surface area (Å²) < 4.78 is 1.65. The van der Waals surface area contributed by atoms with E-state index < -0.39 is 0 Å². The van der Waals surface area contributed by atoms with Gasteiger partial charge in [-0.3, -0.25) is 4.79 Å². The molecule has 0 N–H and O–H groups in total. The number of halogens is 2. The number of aromatic nitrogens is 2. The van der Waals surface area contributed by atoms with Gasteiger partial charge in [-0.05, 0) is 18.2 Å². The molecule has 1 aromatic carbocycles. The lowest BCUT2D eigenvalue weighted by molar-refractivity contribution is 0.105. The molecule has 20 heavy (non-hydrogen) atoms. The molecule has 0 radical (unpaired) electrons. The normalized spacial score (nSPS) is 11.5. The fraction of sp³-hybridized carbons (Fsp3) is 0.143. The maximum Gasteiger partial charge on any atom is 0.212 e. The first-order chi connectivity index (χ1) is 9.49. The average molecular weight is 310 g/mol. The fourth-order valence-corrected chi connectivity index (χ4v) is 2.19. The van der Waals surface area contributed by atoms with E-state index in [0.29, 0.717) is 21.3 Å². The summed E-state index contributed by atoms with van der Waals surface area (Å²) in [7, 11) is 3.68. The van der Waals surface area contributed by atoms with Crippen LogP contribution in [0.15, 0.2) is 43.1 Å². The van der Waals surface area contributed by atoms with Crippen LogP contribution >= 0.6 is 23.2 Å². The van der Waals surface area contributed by atoms with Gasteiger partial charge in [0.05, 0.1) is 11.3 Å². The molecule has 0 bridgehead atoms. The zero-order valence-corrected chi connectivity index (χ0v) is 12.6. The summed E-state index contributed by atoms with van der Waals surface area (Å²) in [6.45, 7) is 0. The minimum Gasteiger partial charge on any atom is -0.382 e. The van der Waals surface area contributed by atoms with Crippen molar-refractivity contribution >= 4 is 34.7 Å². The predicted octanol–water partition coefficient (Wildman–Crippen LogP) is 3.43. The third-order valence-electron chi connectivity index (χ3n) is 2.57. The highest BCUT2D eigenvalue weighted by Gasteiger charge is 2.17. The zero-order chi connectivity index (χ0) is 14.7. The molecule has 0 saturated carbocycles. The lowest BCUT2D eigenvalue weighted by Crippen LogP contribution is -2.13. The molecule has 2 rings (SSSR count). The highest BCUT2D eigenvalue weighted by atomic mass is 35.5. The van der Waals surface area contributed by atoms with Gasteiger partial charge in [-0.1, -0.05) is 23.2 Å². The Balaban J connectivity index is 2.47. The molecule has 0 saturated heterocycles. The molecule has 4 nitrogen and oxygen atoms in total. The number of rotatable bonds is 4. The summed E-state index contributed by atoms with van der Waals surface area (Å²) in [6, 6.07) is 4.81. The summed E-state index contributed by atoms with van der Waals surface area (Å²) in [4.78, 5) is 18.4. The van der Waals surface area contributed by atoms with Gasteiger partial charge in [0.1, 0.15) is 5.70 Å². The number of carbonyl (C=O) groups is 1. The summed E-state index contributed by atoms with van der Waals surface area (Å²) in [5, 5.41) is 0.819. The van der Waals surface area contributed by atoms with Gasteiger partial charge in [0.25, 0.3) is 0 Å². The Labute approximate surface area is 127 Å². The van der Waals surface area contributed by atoms with Gasteiger partial charge in [-0.25, -0.2) is 4.98 Å². The first-order valence-corrected chi connectivity index (χ1v) is 6.61. The maximum atomic E-state index is 12.6. The number of ketones is 1. The van der Waals surface area contributed by atoms with Crippen molar-refractivity contribution < 1.29 is 4.79 Å². The highest BCUT2D eigenvalue weighted by molar-refractivity contribution is 6.39. The smallest absolute Gasteiger partial charge is 0.212 e. The van der Waals surface area contributed by atoms with Crippen LogP contribution in [-0.4, -0.2) is 34.3 Å². The van der Waals surface area contributed by atoms with Crippen LogP contribution in [0, 0.1) is 0 Å². The van der Waals surface area contributed by atoms with Crippen molar-refractivity contribution in [2.75, 3.05) is 14.1 Å². The number of carbonyl (C=O) groups excluding carboxylic acids is 1. The van der Waals surface area contributed by atoms with Crippen LogP contribution in [0.4, 0.5) is 0 Å². The number of hydrogen-bond acceptors (Lipinski definition) is 3. The number of allylic oxidation sites excluding steroid dienone is 1. The molecule has 2 aromatic rings. The van der Waals surface area contributed by atoms with E-state index in [1.54, 1.807) is 52.6 Å². The van der Waals surface area contributed by atoms with E-state index >= 15 is 0 Å². The highest BCUT2D eigenvalue weighted by Crippen LogP contribution is 2.24. The second kappa shape index (κ2) is 6.11. The van der Waals surface area contributed by atoms with Crippen LogP contribution < -0.4 is 0 Å². The molecule has 0 aliphatic heterocycles. The van der Waals surface area contributed by atoms with E-state index in [9.17, 15) is 4.79 Å². The van der Waals surface area contributed by atoms with Crippen LogP contribution in [0.3, 0.4) is 0 Å². The minimum atomic E-state index is -0.196. The van der Waals surface area contributed by atoms with E-state index in [0.717, 1.165) is 0 Å². The molecule has 0 atom stereocenters. The SMILES string of the molecule is CN(C)/C=C(\C(=O)c1ccc(Cl)cc1Cl)n1ccnc1. The van der Waals surface area contributed by atoms with Crippen LogP contribution in [0.5, 0.6) is 0 Å². The minimum absolute atomic E-state index is 0.196. The first-order valence-electron chi connectivity index (χ1n) is 5.85. The topological polar surface area (TPSA) is 38.1 Å². The lowest BCUT2D eigenvalue weighted by atomic mass is 10.1. The Hall–Kier alpha value is -1.78. The van der Waals surface area contributed by atoms with E-state index in [1.807, 2.05) is 14.1 Å². The molecule has 0 spiro atoms. The van der Waals surface area contributed by atoms with Crippen molar-refractivity contribution in [1.82, 2.24) is 14.5 Å². The second-order valence-electron chi connectivity index (χ2n) is 4.40. The Morgan fingerprint density at radius 2 is 2.10 bits per heavy atom. The quantitative estimate of drug-likeness (QED) is 0.641. The van der Waals surface area contributed by atoms with Crippen LogP contribution in [-0.2, 0) is 0 Å². The molecule has 1 aromatic heterocycles. The van der Waals surface area contributed by atoms with Gasteiger partial charge in [-0.2, -0.15) is 0 Å². The molecule has 104 valence electrons. The van der Waals surface area contributed by atoms with Gasteiger partial charge in [0.2, 0.25) is 5.78 Å². The van der Waals surface area contributed by atoms with Crippen LogP contribution in [0.25, 0.3) is 5.70 Å². The summed E-state index contributed by atoms with van der Waals surface area (Å²) in [6.07, 6.45) is 6.60. The van der Waals surface area contributed by atoms with Crippen LogP contribution in [0.2, 0.25) is 10.0 Å². The molecule has 0 fully saturated rings. The molecule has 1 heterocycles. The van der Waals surface area contributed by atoms with Gasteiger partial charge < -0.3 is 9.47 Å². The van der Waals surface area contributed by atoms with Gasteiger partial charge in [-0.15, -0.1) is 0 Å². The predicted molar refractivity (Wildman–Crippen MR) is 81.0 cm³/mol. The first kappa shape index (κ1) is 14.6. The zero-order valence-electron chi connectivity index (χ0n) is 11.0. The summed E-state index contributed by atoms with van der Waals surface area (Å²) in [5.74, 6) is -0.196. The Morgan fingerprint density at radius 3 is 2.65 bits per heavy atom.